The number of ether oxygens (including phenoxy) is 1. The average molecular weight is 442 g/mol. The van der Waals surface area contributed by atoms with Crippen molar-refractivity contribution in [1.82, 2.24) is 5.32 Å². The molecule has 3 rings (SSSR count). The maximum Gasteiger partial charge on any atom is 0.325 e. The fraction of sp³-hybridized carbons (Fsp3) is 0.250. The number of nitro benzene ring substituents is 2. The van der Waals surface area contributed by atoms with Crippen LogP contribution in [0.3, 0.4) is 0 Å². The Bertz CT molecular complexity index is 1100. The van der Waals surface area contributed by atoms with E-state index in [9.17, 15) is 34.6 Å². The van der Waals surface area contributed by atoms with Gasteiger partial charge in [-0.1, -0.05) is 6.07 Å². The summed E-state index contributed by atoms with van der Waals surface area (Å²) in [4.78, 5) is 58.4. The molecule has 0 aliphatic carbocycles. The second-order valence-corrected chi connectivity index (χ2v) is 6.87. The number of carbonyl (C=O) groups excluding carboxylic acids is 3. The van der Waals surface area contributed by atoms with Gasteiger partial charge in [-0.2, -0.15) is 0 Å². The fourth-order valence-corrected chi connectivity index (χ4v) is 3.24. The van der Waals surface area contributed by atoms with Crippen molar-refractivity contribution in [2.45, 2.75) is 12.8 Å². The maximum absolute atomic E-state index is 12.5. The number of benzene rings is 2. The number of fused-ring (bicyclic) bond motifs is 1. The molecule has 0 bridgehead atoms. The zero-order valence-corrected chi connectivity index (χ0v) is 16.7. The fourth-order valence-electron chi connectivity index (χ4n) is 3.24. The van der Waals surface area contributed by atoms with Gasteiger partial charge in [0.1, 0.15) is 6.54 Å². The van der Waals surface area contributed by atoms with E-state index in [1.54, 1.807) is 0 Å². The maximum atomic E-state index is 12.5. The highest BCUT2D eigenvalue weighted by atomic mass is 16.6. The standard InChI is InChI=1S/C20H18N4O8/c25-18(22-8-2-4-13-9-16(24(30)31)6-7-17(13)22)12-32-19(26)11-21-20(27)14-3-1-5-15(10-14)23(28)29/h1,3,5-7,9-10H,2,4,8,11-12H2,(H,21,27). The second kappa shape index (κ2) is 9.64. The van der Waals surface area contributed by atoms with E-state index in [-0.39, 0.29) is 16.9 Å². The van der Waals surface area contributed by atoms with Crippen LogP contribution in [0.4, 0.5) is 17.1 Å². The summed E-state index contributed by atoms with van der Waals surface area (Å²) in [6.45, 7) is -0.718. The molecule has 0 atom stereocenters. The lowest BCUT2D eigenvalue weighted by atomic mass is 10.0. The van der Waals surface area contributed by atoms with Crippen molar-refractivity contribution in [3.8, 4) is 0 Å². The number of rotatable bonds is 7. The lowest BCUT2D eigenvalue weighted by molar-refractivity contribution is -0.385. The van der Waals surface area contributed by atoms with Crippen LogP contribution in [0.25, 0.3) is 0 Å². The Morgan fingerprint density at radius 2 is 1.75 bits per heavy atom. The Hall–Kier alpha value is -4.35. The molecular formula is C20H18N4O8. The van der Waals surface area contributed by atoms with Crippen LogP contribution in [0.1, 0.15) is 22.3 Å². The van der Waals surface area contributed by atoms with Gasteiger partial charge in [-0.3, -0.25) is 34.6 Å². The minimum absolute atomic E-state index is 0.00194. The van der Waals surface area contributed by atoms with E-state index in [1.807, 2.05) is 0 Å². The summed E-state index contributed by atoms with van der Waals surface area (Å²) in [7, 11) is 0. The Labute approximate surface area is 181 Å². The van der Waals surface area contributed by atoms with Gasteiger partial charge in [-0.15, -0.1) is 0 Å². The summed E-state index contributed by atoms with van der Waals surface area (Å²) in [5, 5.41) is 24.0. The molecule has 12 heteroatoms. The van der Waals surface area contributed by atoms with Gasteiger partial charge in [0.05, 0.1) is 9.85 Å². The first-order valence-electron chi connectivity index (χ1n) is 9.52. The number of carbonyl (C=O) groups is 3. The predicted molar refractivity (Wildman–Crippen MR) is 110 cm³/mol. The first kappa shape index (κ1) is 22.3. The number of nitrogens with zero attached hydrogens (tertiary/aromatic N) is 3. The summed E-state index contributed by atoms with van der Waals surface area (Å²) >= 11 is 0. The van der Waals surface area contributed by atoms with E-state index >= 15 is 0 Å². The third kappa shape index (κ3) is 5.22. The smallest absolute Gasteiger partial charge is 0.325 e. The Morgan fingerprint density at radius 3 is 2.47 bits per heavy atom. The summed E-state index contributed by atoms with van der Waals surface area (Å²) in [6, 6.07) is 9.22. The van der Waals surface area contributed by atoms with Crippen molar-refractivity contribution in [1.29, 1.82) is 0 Å². The molecule has 0 aromatic heterocycles. The highest BCUT2D eigenvalue weighted by Gasteiger charge is 2.25. The van der Waals surface area contributed by atoms with E-state index < -0.39 is 40.8 Å². The van der Waals surface area contributed by atoms with E-state index in [0.29, 0.717) is 30.6 Å². The Kier molecular flexibility index (Phi) is 6.73. The zero-order chi connectivity index (χ0) is 23.3. The number of aryl methyl sites for hydroxylation is 1. The topological polar surface area (TPSA) is 162 Å². The van der Waals surface area contributed by atoms with Gasteiger partial charge in [-0.25, -0.2) is 0 Å². The Balaban J connectivity index is 1.53. The van der Waals surface area contributed by atoms with E-state index in [1.165, 1.54) is 41.3 Å². The second-order valence-electron chi connectivity index (χ2n) is 6.87. The Morgan fingerprint density at radius 1 is 1.03 bits per heavy atom. The zero-order valence-electron chi connectivity index (χ0n) is 16.7. The summed E-state index contributed by atoms with van der Waals surface area (Å²) < 4.78 is 4.92. The van der Waals surface area contributed by atoms with Gasteiger partial charge in [0.15, 0.2) is 6.61 Å². The van der Waals surface area contributed by atoms with E-state index in [4.69, 9.17) is 4.74 Å². The molecule has 0 spiro atoms. The van der Waals surface area contributed by atoms with Gasteiger partial charge < -0.3 is 15.0 Å². The summed E-state index contributed by atoms with van der Waals surface area (Å²) in [5.74, 6) is -2.07. The number of non-ortho nitro benzene ring substituents is 2. The SMILES string of the molecule is O=C(CNC(=O)c1cccc([N+](=O)[O-])c1)OCC(=O)N1CCCc2cc([N+](=O)[O-])ccc21. The van der Waals surface area contributed by atoms with Gasteiger partial charge in [0, 0.05) is 42.1 Å². The van der Waals surface area contributed by atoms with Gasteiger partial charge in [0.2, 0.25) is 0 Å². The first-order valence-corrected chi connectivity index (χ1v) is 9.52. The molecule has 1 aliphatic heterocycles. The van der Waals surface area contributed by atoms with Crippen molar-refractivity contribution in [3.05, 3.63) is 73.8 Å². The van der Waals surface area contributed by atoms with Crippen molar-refractivity contribution < 1.29 is 29.0 Å². The molecule has 166 valence electrons. The third-order valence-corrected chi connectivity index (χ3v) is 4.76. The van der Waals surface area contributed by atoms with Crippen molar-refractivity contribution in [2.24, 2.45) is 0 Å². The minimum atomic E-state index is -0.863. The lowest BCUT2D eigenvalue weighted by Crippen LogP contribution is -2.39. The third-order valence-electron chi connectivity index (χ3n) is 4.76. The van der Waals surface area contributed by atoms with Crippen LogP contribution >= 0.6 is 0 Å². The van der Waals surface area contributed by atoms with Crippen LogP contribution < -0.4 is 10.2 Å². The monoisotopic (exact) mass is 442 g/mol. The minimum Gasteiger partial charge on any atom is -0.454 e. The van der Waals surface area contributed by atoms with Crippen LogP contribution in [0, 0.1) is 20.2 Å². The van der Waals surface area contributed by atoms with Crippen molar-refractivity contribution in [2.75, 3.05) is 24.6 Å². The molecule has 1 heterocycles. The van der Waals surface area contributed by atoms with E-state index in [0.717, 1.165) is 6.07 Å². The normalized spacial score (nSPS) is 12.4. The highest BCUT2D eigenvalue weighted by molar-refractivity contribution is 5.98. The largest absolute Gasteiger partial charge is 0.454 e. The van der Waals surface area contributed by atoms with E-state index in [2.05, 4.69) is 5.32 Å². The van der Waals surface area contributed by atoms with Gasteiger partial charge in [0.25, 0.3) is 23.2 Å². The number of hydrogen-bond acceptors (Lipinski definition) is 8. The molecule has 0 fully saturated rings. The lowest BCUT2D eigenvalue weighted by Gasteiger charge is -2.29. The van der Waals surface area contributed by atoms with Gasteiger partial charge in [-0.05, 0) is 30.5 Å². The molecule has 32 heavy (non-hydrogen) atoms. The number of amides is 2. The van der Waals surface area contributed by atoms with Crippen LogP contribution in [-0.4, -0.2) is 47.3 Å². The number of nitro groups is 2. The van der Waals surface area contributed by atoms with Crippen LogP contribution in [0.5, 0.6) is 0 Å². The van der Waals surface area contributed by atoms with Crippen LogP contribution in [0.15, 0.2) is 42.5 Å². The molecule has 2 aromatic rings. The molecule has 0 radical (unpaired) electrons. The molecule has 2 aromatic carbocycles. The first-order chi connectivity index (χ1) is 15.3. The summed E-state index contributed by atoms with van der Waals surface area (Å²) in [5.41, 5.74) is 0.861. The average Bonchev–Trinajstić information content (AvgIpc) is 2.80. The predicted octanol–water partition coefficient (Wildman–Crippen LogP) is 1.76. The number of hydrogen-bond donors (Lipinski definition) is 1. The van der Waals surface area contributed by atoms with Crippen LogP contribution in [-0.2, 0) is 20.7 Å². The molecule has 0 saturated carbocycles. The number of nitrogens with one attached hydrogen (secondary N) is 1. The van der Waals surface area contributed by atoms with Crippen LogP contribution in [0.2, 0.25) is 0 Å². The molecule has 1 N–H and O–H groups in total. The molecule has 12 nitrogen and oxygen atoms in total. The molecule has 2 amide bonds. The summed E-state index contributed by atoms with van der Waals surface area (Å²) in [6.07, 6.45) is 1.19. The number of anilines is 1. The molecule has 0 saturated heterocycles. The molecular weight excluding hydrogens is 424 g/mol. The molecule has 0 unspecified atom stereocenters. The van der Waals surface area contributed by atoms with Crippen molar-refractivity contribution in [3.63, 3.8) is 0 Å². The quantitative estimate of drug-likeness (QED) is 0.385. The van der Waals surface area contributed by atoms with Crippen molar-refractivity contribution >= 4 is 34.8 Å². The highest BCUT2D eigenvalue weighted by Crippen LogP contribution is 2.30. The van der Waals surface area contributed by atoms with Gasteiger partial charge >= 0.3 is 5.97 Å². The molecule has 1 aliphatic rings. The number of esters is 1.